The van der Waals surface area contributed by atoms with Crippen LogP contribution in [-0.4, -0.2) is 41.5 Å². The standard InChI is InChI=1S/C27H30N4O2/c1-18-21-14-15-25(32)30(2)27(21)29-26(28-18)23-8-6-16-31(23)17-19-10-12-20(13-11-19)22-7-4-5-9-24(22)33-3/h4-5,7,9-13,23H,6,8,14-17H2,1-3H3/t23-/m1/s1. The van der Waals surface area contributed by atoms with E-state index in [1.54, 1.807) is 12.0 Å². The number of likely N-dealkylation sites (tertiary alicyclic amines) is 1. The molecule has 1 aromatic heterocycles. The van der Waals surface area contributed by atoms with Gasteiger partial charge in [0.05, 0.1) is 13.2 Å². The first-order chi connectivity index (χ1) is 16.0. The second-order valence-electron chi connectivity index (χ2n) is 8.95. The van der Waals surface area contributed by atoms with Crippen LogP contribution in [0.25, 0.3) is 11.1 Å². The molecule has 5 rings (SSSR count). The number of benzene rings is 2. The van der Waals surface area contributed by atoms with E-state index < -0.39 is 0 Å². The Hall–Kier alpha value is -3.25. The monoisotopic (exact) mass is 442 g/mol. The van der Waals surface area contributed by atoms with Crippen LogP contribution in [-0.2, 0) is 17.8 Å². The molecule has 6 nitrogen and oxygen atoms in total. The minimum atomic E-state index is 0.130. The smallest absolute Gasteiger partial charge is 0.228 e. The van der Waals surface area contributed by atoms with Gasteiger partial charge in [-0.1, -0.05) is 42.5 Å². The van der Waals surface area contributed by atoms with Gasteiger partial charge in [0.25, 0.3) is 0 Å². The van der Waals surface area contributed by atoms with Crippen LogP contribution in [0.2, 0.25) is 0 Å². The third-order valence-corrected chi connectivity index (χ3v) is 6.91. The number of carbonyl (C=O) groups excluding carboxylic acids is 1. The first-order valence-electron chi connectivity index (χ1n) is 11.7. The van der Waals surface area contributed by atoms with Gasteiger partial charge >= 0.3 is 0 Å². The zero-order valence-corrected chi connectivity index (χ0v) is 19.5. The fourth-order valence-electron chi connectivity index (χ4n) is 5.05. The van der Waals surface area contributed by atoms with E-state index in [4.69, 9.17) is 14.7 Å². The predicted octanol–water partition coefficient (Wildman–Crippen LogP) is 4.71. The molecule has 0 spiro atoms. The first-order valence-corrected chi connectivity index (χ1v) is 11.7. The second kappa shape index (κ2) is 8.94. The molecule has 0 radical (unpaired) electrons. The number of fused-ring (bicyclic) bond motifs is 1. The molecule has 6 heteroatoms. The van der Waals surface area contributed by atoms with Crippen molar-refractivity contribution in [2.75, 3.05) is 25.6 Å². The number of amides is 1. The normalized spacial score (nSPS) is 18.5. The number of methoxy groups -OCH3 is 1. The van der Waals surface area contributed by atoms with Crippen molar-refractivity contribution in [3.8, 4) is 16.9 Å². The number of nitrogens with zero attached hydrogens (tertiary/aromatic N) is 4. The van der Waals surface area contributed by atoms with E-state index in [-0.39, 0.29) is 11.9 Å². The maximum atomic E-state index is 12.2. The average molecular weight is 443 g/mol. The zero-order valence-electron chi connectivity index (χ0n) is 19.5. The third-order valence-electron chi connectivity index (χ3n) is 6.91. The molecule has 1 amide bonds. The number of ether oxygens (including phenoxy) is 1. The Labute approximate surface area is 195 Å². The van der Waals surface area contributed by atoms with Gasteiger partial charge in [-0.05, 0) is 49.9 Å². The number of aromatic nitrogens is 2. The molecule has 2 aliphatic heterocycles. The first kappa shape index (κ1) is 21.6. The second-order valence-corrected chi connectivity index (χ2v) is 8.95. The Morgan fingerprint density at radius 3 is 2.64 bits per heavy atom. The van der Waals surface area contributed by atoms with Crippen LogP contribution in [0, 0.1) is 6.92 Å². The Bertz CT molecular complexity index is 1180. The van der Waals surface area contributed by atoms with E-state index in [0.717, 1.165) is 72.1 Å². The van der Waals surface area contributed by atoms with Gasteiger partial charge in [0.2, 0.25) is 5.91 Å². The van der Waals surface area contributed by atoms with Crippen molar-refractivity contribution in [2.45, 2.75) is 45.2 Å². The minimum absolute atomic E-state index is 0.130. The van der Waals surface area contributed by atoms with Crippen molar-refractivity contribution < 1.29 is 9.53 Å². The lowest BCUT2D eigenvalue weighted by Crippen LogP contribution is -2.34. The van der Waals surface area contributed by atoms with Crippen LogP contribution in [0.4, 0.5) is 5.82 Å². The van der Waals surface area contributed by atoms with Crippen molar-refractivity contribution in [1.29, 1.82) is 0 Å². The fraction of sp³-hybridized carbons (Fsp3) is 0.370. The van der Waals surface area contributed by atoms with Crippen LogP contribution in [0.15, 0.2) is 48.5 Å². The van der Waals surface area contributed by atoms with Crippen molar-refractivity contribution in [2.24, 2.45) is 0 Å². The van der Waals surface area contributed by atoms with Gasteiger partial charge in [0, 0.05) is 36.8 Å². The highest BCUT2D eigenvalue weighted by Crippen LogP contribution is 2.35. The Kier molecular flexibility index (Phi) is 5.85. The van der Waals surface area contributed by atoms with Gasteiger partial charge < -0.3 is 4.74 Å². The summed E-state index contributed by atoms with van der Waals surface area (Å²) in [6.45, 7) is 3.92. The Balaban J connectivity index is 1.37. The number of hydrogen-bond donors (Lipinski definition) is 0. The summed E-state index contributed by atoms with van der Waals surface area (Å²) in [7, 11) is 3.53. The summed E-state index contributed by atoms with van der Waals surface area (Å²) in [5.41, 5.74) is 5.62. The molecule has 170 valence electrons. The van der Waals surface area contributed by atoms with Crippen LogP contribution in [0.1, 0.15) is 47.9 Å². The lowest BCUT2D eigenvalue weighted by Gasteiger charge is -2.29. The molecule has 1 atom stereocenters. The van der Waals surface area contributed by atoms with Crippen LogP contribution in [0.3, 0.4) is 0 Å². The van der Waals surface area contributed by atoms with Crippen molar-refractivity contribution in [1.82, 2.24) is 14.9 Å². The van der Waals surface area contributed by atoms with E-state index >= 15 is 0 Å². The highest BCUT2D eigenvalue weighted by Gasteiger charge is 2.32. The number of carbonyl (C=O) groups is 1. The lowest BCUT2D eigenvalue weighted by atomic mass is 10.0. The number of hydrogen-bond acceptors (Lipinski definition) is 5. The summed E-state index contributed by atoms with van der Waals surface area (Å²) >= 11 is 0. The quantitative estimate of drug-likeness (QED) is 0.573. The topological polar surface area (TPSA) is 58.6 Å². The van der Waals surface area contributed by atoms with E-state index in [0.29, 0.717) is 6.42 Å². The molecule has 1 fully saturated rings. The minimum Gasteiger partial charge on any atom is -0.496 e. The lowest BCUT2D eigenvalue weighted by molar-refractivity contribution is -0.118. The number of aryl methyl sites for hydroxylation is 1. The maximum Gasteiger partial charge on any atom is 0.228 e. The molecule has 2 aliphatic rings. The zero-order chi connectivity index (χ0) is 22.9. The summed E-state index contributed by atoms with van der Waals surface area (Å²) < 4.78 is 5.52. The van der Waals surface area contributed by atoms with Gasteiger partial charge in [0.1, 0.15) is 17.4 Å². The van der Waals surface area contributed by atoms with Crippen molar-refractivity contribution >= 4 is 11.7 Å². The van der Waals surface area contributed by atoms with Crippen molar-refractivity contribution in [3.05, 3.63) is 71.2 Å². The molecule has 2 aromatic carbocycles. The highest BCUT2D eigenvalue weighted by atomic mass is 16.5. The van der Waals surface area contributed by atoms with E-state index in [1.165, 1.54) is 5.56 Å². The largest absolute Gasteiger partial charge is 0.496 e. The molecule has 3 aromatic rings. The summed E-state index contributed by atoms with van der Waals surface area (Å²) in [5.74, 6) is 2.65. The molecule has 0 aliphatic carbocycles. The molecule has 1 saturated heterocycles. The summed E-state index contributed by atoms with van der Waals surface area (Å²) in [4.78, 5) is 26.2. The van der Waals surface area contributed by atoms with Crippen LogP contribution in [0.5, 0.6) is 5.75 Å². The fourth-order valence-corrected chi connectivity index (χ4v) is 5.05. The molecular weight excluding hydrogens is 412 g/mol. The van der Waals surface area contributed by atoms with E-state index in [9.17, 15) is 4.79 Å². The summed E-state index contributed by atoms with van der Waals surface area (Å²) in [5, 5.41) is 0. The van der Waals surface area contributed by atoms with Crippen LogP contribution >= 0.6 is 0 Å². The molecule has 0 saturated carbocycles. The maximum absolute atomic E-state index is 12.2. The Morgan fingerprint density at radius 1 is 1.06 bits per heavy atom. The number of para-hydroxylation sites is 1. The summed E-state index contributed by atoms with van der Waals surface area (Å²) in [6.07, 6.45) is 3.43. The molecule has 0 bridgehead atoms. The Morgan fingerprint density at radius 2 is 1.85 bits per heavy atom. The molecular formula is C27H30N4O2. The van der Waals surface area contributed by atoms with E-state index in [2.05, 4.69) is 35.2 Å². The summed E-state index contributed by atoms with van der Waals surface area (Å²) in [6, 6.07) is 17.0. The number of anilines is 1. The predicted molar refractivity (Wildman–Crippen MR) is 129 cm³/mol. The SMILES string of the molecule is COc1ccccc1-c1ccc(CN2CCC[C@@H]2c2nc(C)c3c(n2)N(C)C(=O)CC3)cc1. The average Bonchev–Trinajstić information content (AvgIpc) is 3.30. The molecule has 0 N–H and O–H groups in total. The molecule has 3 heterocycles. The van der Waals surface area contributed by atoms with Gasteiger partial charge in [-0.3, -0.25) is 14.6 Å². The van der Waals surface area contributed by atoms with Gasteiger partial charge in [-0.25, -0.2) is 9.97 Å². The highest BCUT2D eigenvalue weighted by molar-refractivity contribution is 5.94. The number of rotatable bonds is 5. The third kappa shape index (κ3) is 4.11. The van der Waals surface area contributed by atoms with Crippen LogP contribution < -0.4 is 9.64 Å². The van der Waals surface area contributed by atoms with Gasteiger partial charge in [-0.15, -0.1) is 0 Å². The van der Waals surface area contributed by atoms with E-state index in [1.807, 2.05) is 32.2 Å². The molecule has 0 unspecified atom stereocenters. The van der Waals surface area contributed by atoms with Gasteiger partial charge in [-0.2, -0.15) is 0 Å². The van der Waals surface area contributed by atoms with Crippen molar-refractivity contribution in [3.63, 3.8) is 0 Å². The van der Waals surface area contributed by atoms with Gasteiger partial charge in [0.15, 0.2) is 0 Å². The molecule has 33 heavy (non-hydrogen) atoms.